The summed E-state index contributed by atoms with van der Waals surface area (Å²) in [4.78, 5) is 14.6. The first-order valence-electron chi connectivity index (χ1n) is 10.7. The number of nitrogens with one attached hydrogen (secondary N) is 1. The molecular weight excluding hydrogens is 474 g/mol. The van der Waals surface area contributed by atoms with Gasteiger partial charge in [-0.3, -0.25) is 4.79 Å². The highest BCUT2D eigenvalue weighted by Gasteiger charge is 2.37. The number of anilines is 2. The fraction of sp³-hybridized carbons (Fsp3) is 0.292. The second-order valence-corrected chi connectivity index (χ2v) is 8.21. The number of alkyl halides is 6. The van der Waals surface area contributed by atoms with E-state index in [1.807, 2.05) is 35.2 Å². The first kappa shape index (κ1) is 24.5. The molecule has 3 aromatic rings. The molecule has 0 radical (unpaired) electrons. The van der Waals surface area contributed by atoms with Crippen molar-refractivity contribution in [2.75, 3.05) is 23.3 Å². The third kappa shape index (κ3) is 5.90. The zero-order chi connectivity index (χ0) is 25.2. The lowest BCUT2D eigenvalue weighted by molar-refractivity contribution is -0.143. The van der Waals surface area contributed by atoms with Crippen LogP contribution in [0.3, 0.4) is 0 Å². The maximum Gasteiger partial charge on any atom is 0.416 e. The number of benzene rings is 2. The number of carbonyl (C=O) groups is 1. The molecule has 1 aliphatic rings. The van der Waals surface area contributed by atoms with Gasteiger partial charge in [0.2, 0.25) is 5.91 Å². The standard InChI is InChI=1S/C24H20F6N4O/c25-23(26,27)17-11-18(24(28,29)30)13-19(12-17)31-22(35)16-7-4-10-34(14-16)21-9-8-20(32-33-21)15-5-2-1-3-6-15/h1-3,5-6,8-9,11-13,16H,4,7,10,14H2,(H,31,35). The molecule has 1 fully saturated rings. The average molecular weight is 494 g/mol. The first-order chi connectivity index (χ1) is 16.5. The minimum atomic E-state index is -4.99. The van der Waals surface area contributed by atoms with E-state index in [0.717, 1.165) is 5.56 Å². The minimum absolute atomic E-state index is 0.0236. The van der Waals surface area contributed by atoms with Gasteiger partial charge in [0.25, 0.3) is 0 Å². The maximum absolute atomic E-state index is 13.1. The molecule has 184 valence electrons. The molecule has 4 rings (SSSR count). The summed E-state index contributed by atoms with van der Waals surface area (Å²) in [5.74, 6) is -0.778. The van der Waals surface area contributed by atoms with Crippen molar-refractivity contribution in [2.45, 2.75) is 25.2 Å². The van der Waals surface area contributed by atoms with E-state index < -0.39 is 41.0 Å². The number of amides is 1. The summed E-state index contributed by atoms with van der Waals surface area (Å²) < 4.78 is 78.6. The van der Waals surface area contributed by atoms with Crippen LogP contribution in [0.15, 0.2) is 60.7 Å². The van der Waals surface area contributed by atoms with Crippen molar-refractivity contribution in [3.8, 4) is 11.3 Å². The Labute approximate surface area is 196 Å². The second kappa shape index (κ2) is 9.55. The van der Waals surface area contributed by atoms with E-state index in [9.17, 15) is 31.1 Å². The zero-order valence-electron chi connectivity index (χ0n) is 18.2. The number of hydrogen-bond donors (Lipinski definition) is 1. The van der Waals surface area contributed by atoms with Crippen LogP contribution in [0.4, 0.5) is 37.8 Å². The van der Waals surface area contributed by atoms with Crippen LogP contribution in [0.1, 0.15) is 24.0 Å². The van der Waals surface area contributed by atoms with Gasteiger partial charge in [-0.2, -0.15) is 26.3 Å². The van der Waals surface area contributed by atoms with Crippen LogP contribution >= 0.6 is 0 Å². The summed E-state index contributed by atoms with van der Waals surface area (Å²) in [6.07, 6.45) is -8.96. The van der Waals surface area contributed by atoms with E-state index in [-0.39, 0.29) is 12.6 Å². The molecule has 1 aliphatic heterocycles. The predicted octanol–water partition coefficient (Wildman–Crippen LogP) is 6.04. The lowest BCUT2D eigenvalue weighted by atomic mass is 9.96. The Balaban J connectivity index is 1.48. The number of carbonyl (C=O) groups excluding carboxylic acids is 1. The number of aromatic nitrogens is 2. The third-order valence-electron chi connectivity index (χ3n) is 5.69. The normalized spacial score (nSPS) is 16.7. The van der Waals surface area contributed by atoms with E-state index >= 15 is 0 Å². The molecule has 2 heterocycles. The highest BCUT2D eigenvalue weighted by Crippen LogP contribution is 2.37. The van der Waals surface area contributed by atoms with Gasteiger partial charge in [0.05, 0.1) is 22.7 Å². The summed E-state index contributed by atoms with van der Waals surface area (Å²) in [6, 6.07) is 14.0. The molecule has 5 nitrogen and oxygen atoms in total. The van der Waals surface area contributed by atoms with Crippen molar-refractivity contribution in [1.82, 2.24) is 10.2 Å². The van der Waals surface area contributed by atoms with E-state index in [0.29, 0.717) is 43.0 Å². The Morgan fingerprint density at radius 2 is 1.54 bits per heavy atom. The van der Waals surface area contributed by atoms with Crippen LogP contribution < -0.4 is 10.2 Å². The molecule has 0 aliphatic carbocycles. The Bertz CT molecular complexity index is 1150. The summed E-state index contributed by atoms with van der Waals surface area (Å²) in [6.45, 7) is 0.793. The molecule has 35 heavy (non-hydrogen) atoms. The Hall–Kier alpha value is -3.63. The molecule has 1 aromatic heterocycles. The van der Waals surface area contributed by atoms with Crippen molar-refractivity contribution in [1.29, 1.82) is 0 Å². The predicted molar refractivity (Wildman–Crippen MR) is 117 cm³/mol. The summed E-state index contributed by atoms with van der Waals surface area (Å²) in [5, 5.41) is 10.7. The first-order valence-corrected chi connectivity index (χ1v) is 10.7. The van der Waals surface area contributed by atoms with E-state index in [4.69, 9.17) is 0 Å². The van der Waals surface area contributed by atoms with Crippen LogP contribution in [0, 0.1) is 5.92 Å². The van der Waals surface area contributed by atoms with Gasteiger partial charge in [-0.05, 0) is 43.2 Å². The molecule has 1 unspecified atom stereocenters. The van der Waals surface area contributed by atoms with Crippen molar-refractivity contribution in [3.63, 3.8) is 0 Å². The number of nitrogens with zero attached hydrogens (tertiary/aromatic N) is 3. The average Bonchev–Trinajstić information content (AvgIpc) is 2.83. The highest BCUT2D eigenvalue weighted by atomic mass is 19.4. The number of piperidine rings is 1. The van der Waals surface area contributed by atoms with E-state index in [1.165, 1.54) is 0 Å². The van der Waals surface area contributed by atoms with Gasteiger partial charge in [-0.25, -0.2) is 0 Å². The molecule has 0 saturated carbocycles. The molecule has 1 N–H and O–H groups in total. The van der Waals surface area contributed by atoms with Crippen molar-refractivity contribution < 1.29 is 31.1 Å². The van der Waals surface area contributed by atoms with Gasteiger partial charge >= 0.3 is 12.4 Å². The molecule has 1 saturated heterocycles. The van der Waals surface area contributed by atoms with Crippen LogP contribution in [-0.2, 0) is 17.1 Å². The quantitative estimate of drug-likeness (QED) is 0.450. The SMILES string of the molecule is O=C(Nc1cc(C(F)(F)F)cc(C(F)(F)F)c1)C1CCCN(c2ccc(-c3ccccc3)nn2)C1. The molecule has 0 spiro atoms. The fourth-order valence-corrected chi connectivity index (χ4v) is 3.93. The van der Waals surface area contributed by atoms with Crippen molar-refractivity contribution in [2.24, 2.45) is 5.92 Å². The van der Waals surface area contributed by atoms with Crippen molar-refractivity contribution >= 4 is 17.4 Å². The number of rotatable bonds is 4. The van der Waals surface area contributed by atoms with Gasteiger partial charge in [-0.15, -0.1) is 10.2 Å². The molecule has 1 atom stereocenters. The molecule has 1 amide bonds. The van der Waals surface area contributed by atoms with Crippen molar-refractivity contribution in [3.05, 3.63) is 71.8 Å². The molecule has 0 bridgehead atoms. The topological polar surface area (TPSA) is 58.1 Å². The largest absolute Gasteiger partial charge is 0.416 e. The van der Waals surface area contributed by atoms with Crippen LogP contribution in [0.5, 0.6) is 0 Å². The van der Waals surface area contributed by atoms with Gasteiger partial charge < -0.3 is 10.2 Å². The van der Waals surface area contributed by atoms with E-state index in [2.05, 4.69) is 15.5 Å². The molecular formula is C24H20F6N4O. The Morgan fingerprint density at radius 1 is 0.886 bits per heavy atom. The Kier molecular flexibility index (Phi) is 6.68. The molecule has 2 aromatic carbocycles. The van der Waals surface area contributed by atoms with Gasteiger partial charge in [0, 0.05) is 24.3 Å². The number of hydrogen-bond acceptors (Lipinski definition) is 4. The Morgan fingerprint density at radius 3 is 2.11 bits per heavy atom. The summed E-state index contributed by atoms with van der Waals surface area (Å²) in [5.41, 5.74) is -1.96. The summed E-state index contributed by atoms with van der Waals surface area (Å²) in [7, 11) is 0. The fourth-order valence-electron chi connectivity index (χ4n) is 3.93. The zero-order valence-corrected chi connectivity index (χ0v) is 18.2. The van der Waals surface area contributed by atoms with Crippen LogP contribution in [0.2, 0.25) is 0 Å². The smallest absolute Gasteiger partial charge is 0.354 e. The molecule has 11 heteroatoms. The monoisotopic (exact) mass is 494 g/mol. The van der Waals surface area contributed by atoms with Crippen LogP contribution in [-0.4, -0.2) is 29.2 Å². The lowest BCUT2D eigenvalue weighted by Gasteiger charge is -2.32. The highest BCUT2D eigenvalue weighted by molar-refractivity contribution is 5.93. The second-order valence-electron chi connectivity index (χ2n) is 8.21. The maximum atomic E-state index is 13.1. The third-order valence-corrected chi connectivity index (χ3v) is 5.69. The van der Waals surface area contributed by atoms with Crippen LogP contribution in [0.25, 0.3) is 11.3 Å². The van der Waals surface area contributed by atoms with Gasteiger partial charge in [0.15, 0.2) is 5.82 Å². The minimum Gasteiger partial charge on any atom is -0.354 e. The van der Waals surface area contributed by atoms with Gasteiger partial charge in [-0.1, -0.05) is 30.3 Å². The van der Waals surface area contributed by atoms with E-state index in [1.54, 1.807) is 12.1 Å². The number of halogens is 6. The summed E-state index contributed by atoms with van der Waals surface area (Å²) >= 11 is 0. The lowest BCUT2D eigenvalue weighted by Crippen LogP contribution is -2.41. The van der Waals surface area contributed by atoms with Gasteiger partial charge in [0.1, 0.15) is 0 Å².